The van der Waals surface area contributed by atoms with Crippen LogP contribution in [0.3, 0.4) is 0 Å². The minimum Gasteiger partial charge on any atom is -0.457 e. The van der Waals surface area contributed by atoms with Crippen LogP contribution < -0.4 is 0 Å². The molecule has 0 N–H and O–H groups in total. The number of nitrogens with zero attached hydrogens (tertiary/aromatic N) is 2. The average Bonchev–Trinajstić information content (AvgIpc) is 2.60. The third-order valence-corrected chi connectivity index (χ3v) is 4.84. The Morgan fingerprint density at radius 2 is 1.63 bits per heavy atom. The van der Waals surface area contributed by atoms with Crippen LogP contribution in [0.1, 0.15) is 50.7 Å². The van der Waals surface area contributed by atoms with E-state index >= 15 is 0 Å². The summed E-state index contributed by atoms with van der Waals surface area (Å²) in [7, 11) is 1.98. The first kappa shape index (κ1) is 20.7. The van der Waals surface area contributed by atoms with Gasteiger partial charge in [-0.3, -0.25) is 0 Å². The van der Waals surface area contributed by atoms with Gasteiger partial charge < -0.3 is 9.64 Å². The molecule has 0 aliphatic rings. The van der Waals surface area contributed by atoms with E-state index < -0.39 is 0 Å². The van der Waals surface area contributed by atoms with Crippen LogP contribution >= 0.6 is 0 Å². The maximum atomic E-state index is 12.6. The van der Waals surface area contributed by atoms with Crippen LogP contribution in [0, 0.1) is 34.6 Å². The van der Waals surface area contributed by atoms with Gasteiger partial charge in [-0.25, -0.2) is 9.79 Å². The van der Waals surface area contributed by atoms with Gasteiger partial charge in [0.1, 0.15) is 6.61 Å². The second-order valence-corrected chi connectivity index (χ2v) is 7.22. The molecule has 0 fully saturated rings. The lowest BCUT2D eigenvalue weighted by Crippen LogP contribution is -2.14. The van der Waals surface area contributed by atoms with E-state index in [2.05, 4.69) is 44.8 Å². The van der Waals surface area contributed by atoms with Crippen LogP contribution in [-0.2, 0) is 11.3 Å². The summed E-state index contributed by atoms with van der Waals surface area (Å²) in [6.07, 6.45) is 1.81. The number of rotatable bonds is 6. The molecular weight excluding hydrogens is 336 g/mol. The van der Waals surface area contributed by atoms with E-state index in [4.69, 9.17) is 4.74 Å². The van der Waals surface area contributed by atoms with Gasteiger partial charge in [0.25, 0.3) is 0 Å². The van der Waals surface area contributed by atoms with Gasteiger partial charge in [-0.15, -0.1) is 0 Å². The molecule has 0 atom stereocenters. The van der Waals surface area contributed by atoms with Crippen LogP contribution in [0.4, 0.5) is 5.69 Å². The van der Waals surface area contributed by atoms with Crippen molar-refractivity contribution in [1.82, 2.24) is 4.90 Å². The number of carbonyl (C=O) groups excluding carboxylic acids is 1. The zero-order valence-corrected chi connectivity index (χ0v) is 17.5. The molecular formula is C23H30N2O2. The molecule has 0 saturated carbocycles. The Morgan fingerprint density at radius 1 is 1.00 bits per heavy atom. The fourth-order valence-electron chi connectivity index (χ4n) is 3.06. The Balaban J connectivity index is 2.17. The van der Waals surface area contributed by atoms with Crippen molar-refractivity contribution in [3.63, 3.8) is 0 Å². The van der Waals surface area contributed by atoms with Crippen LogP contribution in [-0.4, -0.2) is 30.8 Å². The Bertz CT molecular complexity index is 846. The molecule has 0 heterocycles. The summed E-state index contributed by atoms with van der Waals surface area (Å²) in [6.45, 7) is 13.3. The summed E-state index contributed by atoms with van der Waals surface area (Å²) < 4.78 is 5.62. The first-order valence-electron chi connectivity index (χ1n) is 9.32. The van der Waals surface area contributed by atoms with Crippen molar-refractivity contribution in [2.75, 3.05) is 13.6 Å². The van der Waals surface area contributed by atoms with Crippen LogP contribution in [0.5, 0.6) is 0 Å². The van der Waals surface area contributed by atoms with Gasteiger partial charge >= 0.3 is 5.97 Å². The van der Waals surface area contributed by atoms with Gasteiger partial charge in [-0.05, 0) is 81.5 Å². The van der Waals surface area contributed by atoms with E-state index in [1.807, 2.05) is 44.3 Å². The fraction of sp³-hybridized carbons (Fsp3) is 0.391. The maximum absolute atomic E-state index is 12.6. The molecule has 0 bridgehead atoms. The van der Waals surface area contributed by atoms with E-state index in [1.54, 1.807) is 0 Å². The molecule has 0 spiro atoms. The number of hydrogen-bond acceptors (Lipinski definition) is 3. The van der Waals surface area contributed by atoms with Crippen molar-refractivity contribution >= 4 is 18.0 Å². The fourth-order valence-corrected chi connectivity index (χ4v) is 3.06. The highest BCUT2D eigenvalue weighted by molar-refractivity contribution is 5.92. The molecule has 4 heteroatoms. The quantitative estimate of drug-likeness (QED) is 0.401. The van der Waals surface area contributed by atoms with Gasteiger partial charge in [0, 0.05) is 13.6 Å². The van der Waals surface area contributed by atoms with Gasteiger partial charge in [-0.1, -0.05) is 17.7 Å². The van der Waals surface area contributed by atoms with Crippen molar-refractivity contribution < 1.29 is 9.53 Å². The van der Waals surface area contributed by atoms with E-state index in [9.17, 15) is 4.79 Å². The largest absolute Gasteiger partial charge is 0.457 e. The van der Waals surface area contributed by atoms with Crippen LogP contribution in [0.2, 0.25) is 0 Å². The highest BCUT2D eigenvalue weighted by atomic mass is 16.5. The Labute approximate surface area is 162 Å². The number of esters is 1. The van der Waals surface area contributed by atoms with Gasteiger partial charge in [-0.2, -0.15) is 0 Å². The molecule has 4 nitrogen and oxygen atoms in total. The molecule has 2 aromatic carbocycles. The number of aliphatic imine (C=N–C) groups is 1. The molecule has 0 unspecified atom stereocenters. The van der Waals surface area contributed by atoms with Crippen molar-refractivity contribution in [3.05, 3.63) is 63.2 Å². The molecule has 0 saturated heterocycles. The number of carbonyl (C=O) groups is 1. The molecule has 0 aliphatic carbocycles. The average molecular weight is 367 g/mol. The highest BCUT2D eigenvalue weighted by Gasteiger charge is 2.14. The number of aryl methyl sites for hydroxylation is 5. The molecule has 0 amide bonds. The molecule has 144 valence electrons. The Hall–Kier alpha value is -2.62. The monoisotopic (exact) mass is 366 g/mol. The lowest BCUT2D eigenvalue weighted by atomic mass is 10.0. The first-order chi connectivity index (χ1) is 12.7. The number of benzene rings is 2. The second kappa shape index (κ2) is 8.85. The van der Waals surface area contributed by atoms with Gasteiger partial charge in [0.2, 0.25) is 0 Å². The zero-order valence-electron chi connectivity index (χ0n) is 17.5. The molecule has 27 heavy (non-hydrogen) atoms. The van der Waals surface area contributed by atoms with Crippen molar-refractivity contribution in [1.29, 1.82) is 0 Å². The SMILES string of the molecule is CCN(C)/C=N/c1cc(C)c(C(=O)OCc2c(C)cc(C)cc2C)cc1C. The first-order valence-corrected chi connectivity index (χ1v) is 9.32. The Kier molecular flexibility index (Phi) is 6.78. The molecule has 0 radical (unpaired) electrons. The lowest BCUT2D eigenvalue weighted by molar-refractivity contribution is 0.0470. The number of hydrogen-bond donors (Lipinski definition) is 0. The summed E-state index contributed by atoms with van der Waals surface area (Å²) in [6, 6.07) is 8.04. The third-order valence-electron chi connectivity index (χ3n) is 4.84. The topological polar surface area (TPSA) is 41.9 Å². The standard InChI is InChI=1S/C23H30N2O2/c1-8-25(7)14-24-22-12-18(5)20(11-19(22)6)23(26)27-13-21-16(3)9-15(2)10-17(21)4/h9-12,14H,8,13H2,1-7H3/b24-14+. The van der Waals surface area contributed by atoms with E-state index in [-0.39, 0.29) is 12.6 Å². The smallest absolute Gasteiger partial charge is 0.338 e. The van der Waals surface area contributed by atoms with Crippen LogP contribution in [0.25, 0.3) is 0 Å². The number of ether oxygens (including phenoxy) is 1. The van der Waals surface area contributed by atoms with Crippen molar-refractivity contribution in [2.24, 2.45) is 4.99 Å². The third kappa shape index (κ3) is 5.19. The highest BCUT2D eigenvalue weighted by Crippen LogP contribution is 2.24. The van der Waals surface area contributed by atoms with Crippen molar-refractivity contribution in [2.45, 2.75) is 48.1 Å². The molecule has 0 aliphatic heterocycles. The maximum Gasteiger partial charge on any atom is 0.338 e. The molecule has 2 rings (SSSR count). The molecule has 2 aromatic rings. The summed E-state index contributed by atoms with van der Waals surface area (Å²) in [5.41, 5.74) is 7.89. The molecule has 0 aromatic heterocycles. The van der Waals surface area contributed by atoms with E-state index in [0.717, 1.165) is 40.0 Å². The summed E-state index contributed by atoms with van der Waals surface area (Å²) >= 11 is 0. The minimum atomic E-state index is -0.295. The van der Waals surface area contributed by atoms with Gasteiger partial charge in [0.05, 0.1) is 17.6 Å². The Morgan fingerprint density at radius 3 is 2.22 bits per heavy atom. The predicted octanol–water partition coefficient (Wildman–Crippen LogP) is 5.20. The summed E-state index contributed by atoms with van der Waals surface area (Å²) in [4.78, 5) is 19.2. The second-order valence-electron chi connectivity index (χ2n) is 7.22. The lowest BCUT2D eigenvalue weighted by Gasteiger charge is -2.14. The summed E-state index contributed by atoms with van der Waals surface area (Å²) in [5, 5.41) is 0. The van der Waals surface area contributed by atoms with E-state index in [0.29, 0.717) is 5.56 Å². The van der Waals surface area contributed by atoms with Gasteiger partial charge in [0.15, 0.2) is 0 Å². The predicted molar refractivity (Wildman–Crippen MR) is 112 cm³/mol. The summed E-state index contributed by atoms with van der Waals surface area (Å²) in [5.74, 6) is -0.295. The van der Waals surface area contributed by atoms with E-state index in [1.165, 1.54) is 5.56 Å². The minimum absolute atomic E-state index is 0.288. The van der Waals surface area contributed by atoms with Crippen molar-refractivity contribution in [3.8, 4) is 0 Å². The normalized spacial score (nSPS) is 11.1. The van der Waals surface area contributed by atoms with Crippen LogP contribution in [0.15, 0.2) is 29.3 Å². The zero-order chi connectivity index (χ0) is 20.1.